The first kappa shape index (κ1) is 20.9. The van der Waals surface area contributed by atoms with Gasteiger partial charge in [-0.1, -0.05) is 24.3 Å². The number of carbonyl (C=O) groups is 1. The van der Waals surface area contributed by atoms with Gasteiger partial charge in [-0.15, -0.1) is 0 Å². The zero-order valence-corrected chi connectivity index (χ0v) is 18.1. The molecule has 2 fully saturated rings. The molecule has 1 amide bonds. The number of piperidine rings is 1. The number of carbonyl (C=O) groups excluding carboxylic acids is 1. The number of hydrogen-bond donors (Lipinski definition) is 0. The Hall–Kier alpha value is -2.37. The highest BCUT2D eigenvalue weighted by molar-refractivity contribution is 5.94. The lowest BCUT2D eigenvalue weighted by Crippen LogP contribution is -2.35. The second-order valence-corrected chi connectivity index (χ2v) is 8.46. The summed E-state index contributed by atoms with van der Waals surface area (Å²) in [5.74, 6) is 0.0685. The third-order valence-electron chi connectivity index (χ3n) is 6.11. The molecule has 2 heterocycles. The van der Waals surface area contributed by atoms with Crippen molar-refractivity contribution in [3.05, 3.63) is 65.2 Å². The second-order valence-electron chi connectivity index (χ2n) is 8.46. The first-order valence-corrected chi connectivity index (χ1v) is 11.2. The summed E-state index contributed by atoms with van der Waals surface area (Å²) in [7, 11) is 1.88. The molecule has 2 aromatic rings. The molecule has 2 aliphatic heterocycles. The third-order valence-corrected chi connectivity index (χ3v) is 6.11. The molecule has 2 saturated heterocycles. The van der Waals surface area contributed by atoms with Crippen LogP contribution in [-0.4, -0.2) is 62.1 Å². The SMILES string of the molecule is CN(Cc1ccc(N2CCCCC2)cc1)C(=O)c1cccc(CN2CCOCC2)c1. The van der Waals surface area contributed by atoms with Crippen LogP contribution in [0.1, 0.15) is 40.7 Å². The van der Waals surface area contributed by atoms with E-state index in [9.17, 15) is 4.79 Å². The lowest BCUT2D eigenvalue weighted by Gasteiger charge is -2.29. The summed E-state index contributed by atoms with van der Waals surface area (Å²) >= 11 is 0. The fourth-order valence-electron chi connectivity index (χ4n) is 4.35. The molecule has 30 heavy (non-hydrogen) atoms. The van der Waals surface area contributed by atoms with Crippen LogP contribution >= 0.6 is 0 Å². The van der Waals surface area contributed by atoms with Gasteiger partial charge in [0, 0.05) is 57.6 Å². The summed E-state index contributed by atoms with van der Waals surface area (Å²) in [5, 5.41) is 0. The number of amides is 1. The van der Waals surface area contributed by atoms with Gasteiger partial charge in [0.15, 0.2) is 0 Å². The standard InChI is InChI=1S/C25H33N3O2/c1-26(19-21-8-10-24(11-9-21)28-12-3-2-4-13-28)25(29)23-7-5-6-22(18-23)20-27-14-16-30-17-15-27/h5-11,18H,2-4,12-17,19-20H2,1H3. The monoisotopic (exact) mass is 407 g/mol. The van der Waals surface area contributed by atoms with E-state index in [0.29, 0.717) is 6.54 Å². The summed E-state index contributed by atoms with van der Waals surface area (Å²) in [6, 6.07) is 16.7. The Morgan fingerprint density at radius 3 is 2.40 bits per heavy atom. The van der Waals surface area contributed by atoms with Gasteiger partial charge in [0.1, 0.15) is 0 Å². The van der Waals surface area contributed by atoms with Crippen LogP contribution in [0.5, 0.6) is 0 Å². The predicted molar refractivity (Wildman–Crippen MR) is 121 cm³/mol. The summed E-state index contributed by atoms with van der Waals surface area (Å²) in [6.45, 7) is 7.27. The number of nitrogens with zero attached hydrogens (tertiary/aromatic N) is 3. The molecule has 2 aliphatic rings. The van der Waals surface area contributed by atoms with E-state index in [0.717, 1.165) is 57.1 Å². The topological polar surface area (TPSA) is 36.0 Å². The molecule has 0 atom stereocenters. The Morgan fingerprint density at radius 1 is 0.933 bits per heavy atom. The maximum absolute atomic E-state index is 13.0. The summed E-state index contributed by atoms with van der Waals surface area (Å²) in [5.41, 5.74) is 4.40. The van der Waals surface area contributed by atoms with E-state index < -0.39 is 0 Å². The van der Waals surface area contributed by atoms with Gasteiger partial charge in [0.05, 0.1) is 13.2 Å². The van der Waals surface area contributed by atoms with E-state index in [4.69, 9.17) is 4.74 Å². The molecular weight excluding hydrogens is 374 g/mol. The molecule has 0 bridgehead atoms. The maximum atomic E-state index is 13.0. The summed E-state index contributed by atoms with van der Waals surface area (Å²) in [4.78, 5) is 19.6. The first-order chi connectivity index (χ1) is 14.7. The normalized spacial score (nSPS) is 17.7. The second kappa shape index (κ2) is 10.1. The largest absolute Gasteiger partial charge is 0.379 e. The average molecular weight is 408 g/mol. The Bertz CT molecular complexity index is 825. The van der Waals surface area contributed by atoms with Crippen LogP contribution in [0.25, 0.3) is 0 Å². The molecule has 0 spiro atoms. The van der Waals surface area contributed by atoms with Crippen molar-refractivity contribution >= 4 is 11.6 Å². The van der Waals surface area contributed by atoms with Gasteiger partial charge in [-0.05, 0) is 54.7 Å². The highest BCUT2D eigenvalue weighted by Crippen LogP contribution is 2.21. The van der Waals surface area contributed by atoms with Crippen molar-refractivity contribution in [3.8, 4) is 0 Å². The van der Waals surface area contributed by atoms with Gasteiger partial charge in [-0.2, -0.15) is 0 Å². The van der Waals surface area contributed by atoms with Gasteiger partial charge < -0.3 is 14.5 Å². The van der Waals surface area contributed by atoms with Crippen molar-refractivity contribution in [2.45, 2.75) is 32.4 Å². The van der Waals surface area contributed by atoms with E-state index in [-0.39, 0.29) is 5.91 Å². The van der Waals surface area contributed by atoms with Crippen LogP contribution in [0, 0.1) is 0 Å². The third kappa shape index (κ3) is 5.41. The lowest BCUT2D eigenvalue weighted by atomic mass is 10.1. The van der Waals surface area contributed by atoms with Crippen molar-refractivity contribution in [2.24, 2.45) is 0 Å². The zero-order chi connectivity index (χ0) is 20.8. The molecule has 0 N–H and O–H groups in total. The number of hydrogen-bond acceptors (Lipinski definition) is 4. The van der Waals surface area contributed by atoms with Crippen LogP contribution in [-0.2, 0) is 17.8 Å². The predicted octanol–water partition coefficient (Wildman–Crippen LogP) is 3.78. The number of benzene rings is 2. The number of rotatable bonds is 6. The number of morpholine rings is 1. The van der Waals surface area contributed by atoms with Gasteiger partial charge >= 0.3 is 0 Å². The molecule has 0 aromatic heterocycles. The quantitative estimate of drug-likeness (QED) is 0.730. The molecule has 2 aromatic carbocycles. The van der Waals surface area contributed by atoms with Gasteiger partial charge in [-0.3, -0.25) is 9.69 Å². The first-order valence-electron chi connectivity index (χ1n) is 11.2. The van der Waals surface area contributed by atoms with Crippen LogP contribution in [0.4, 0.5) is 5.69 Å². The smallest absolute Gasteiger partial charge is 0.253 e. The van der Waals surface area contributed by atoms with Crippen LogP contribution in [0.3, 0.4) is 0 Å². The molecule has 0 radical (unpaired) electrons. The number of anilines is 1. The van der Waals surface area contributed by atoms with E-state index in [1.807, 2.05) is 30.1 Å². The fourth-order valence-corrected chi connectivity index (χ4v) is 4.35. The van der Waals surface area contributed by atoms with Crippen molar-refractivity contribution in [1.82, 2.24) is 9.80 Å². The molecule has 5 nitrogen and oxygen atoms in total. The molecule has 160 valence electrons. The van der Waals surface area contributed by atoms with Crippen LogP contribution < -0.4 is 4.90 Å². The Balaban J connectivity index is 1.35. The van der Waals surface area contributed by atoms with E-state index in [1.165, 1.54) is 30.5 Å². The minimum absolute atomic E-state index is 0.0685. The Labute approximate surface area is 180 Å². The highest BCUT2D eigenvalue weighted by atomic mass is 16.5. The lowest BCUT2D eigenvalue weighted by molar-refractivity contribution is 0.0341. The Kier molecular flexibility index (Phi) is 7.03. The zero-order valence-electron chi connectivity index (χ0n) is 18.1. The van der Waals surface area contributed by atoms with Gasteiger partial charge in [0.25, 0.3) is 5.91 Å². The summed E-state index contributed by atoms with van der Waals surface area (Å²) < 4.78 is 5.42. The minimum atomic E-state index is 0.0685. The van der Waals surface area contributed by atoms with Crippen molar-refractivity contribution in [3.63, 3.8) is 0 Å². The molecule has 0 unspecified atom stereocenters. The fraction of sp³-hybridized carbons (Fsp3) is 0.480. The molecule has 4 rings (SSSR count). The van der Waals surface area contributed by atoms with Crippen molar-refractivity contribution in [2.75, 3.05) is 51.3 Å². The van der Waals surface area contributed by atoms with Gasteiger partial charge in [-0.25, -0.2) is 0 Å². The number of ether oxygens (including phenoxy) is 1. The van der Waals surface area contributed by atoms with E-state index in [2.05, 4.69) is 40.1 Å². The molecule has 0 aliphatic carbocycles. The van der Waals surface area contributed by atoms with E-state index >= 15 is 0 Å². The van der Waals surface area contributed by atoms with Gasteiger partial charge in [0.2, 0.25) is 0 Å². The average Bonchev–Trinajstić information content (AvgIpc) is 2.80. The highest BCUT2D eigenvalue weighted by Gasteiger charge is 2.16. The summed E-state index contributed by atoms with van der Waals surface area (Å²) in [6.07, 6.45) is 3.91. The van der Waals surface area contributed by atoms with Crippen LogP contribution in [0.15, 0.2) is 48.5 Å². The maximum Gasteiger partial charge on any atom is 0.253 e. The molecule has 0 saturated carbocycles. The minimum Gasteiger partial charge on any atom is -0.379 e. The van der Waals surface area contributed by atoms with E-state index in [1.54, 1.807) is 0 Å². The Morgan fingerprint density at radius 2 is 1.67 bits per heavy atom. The van der Waals surface area contributed by atoms with Crippen molar-refractivity contribution < 1.29 is 9.53 Å². The van der Waals surface area contributed by atoms with Crippen LogP contribution in [0.2, 0.25) is 0 Å². The molecule has 5 heteroatoms. The van der Waals surface area contributed by atoms with Crippen molar-refractivity contribution in [1.29, 1.82) is 0 Å². The molecular formula is C25H33N3O2.